The van der Waals surface area contributed by atoms with E-state index in [-0.39, 0.29) is 12.0 Å². The van der Waals surface area contributed by atoms with Crippen molar-refractivity contribution in [2.24, 2.45) is 0 Å². The maximum atomic E-state index is 11.9. The lowest BCUT2D eigenvalue weighted by Crippen LogP contribution is -2.18. The Labute approximate surface area is 145 Å². The molecule has 23 heavy (non-hydrogen) atoms. The summed E-state index contributed by atoms with van der Waals surface area (Å²) in [7, 11) is 0. The monoisotopic (exact) mass is 376 g/mol. The number of halogens is 1. The summed E-state index contributed by atoms with van der Waals surface area (Å²) in [6.45, 7) is 8.30. The van der Waals surface area contributed by atoms with Crippen LogP contribution in [-0.4, -0.2) is 12.6 Å². The van der Waals surface area contributed by atoms with Crippen molar-refractivity contribution in [1.82, 2.24) is 0 Å². The van der Waals surface area contributed by atoms with Crippen molar-refractivity contribution in [1.29, 1.82) is 0 Å². The molecule has 0 unspecified atom stereocenters. The summed E-state index contributed by atoms with van der Waals surface area (Å²) in [6, 6.07) is 13.3. The number of ether oxygens (including phenoxy) is 2. The number of esters is 1. The van der Waals surface area contributed by atoms with E-state index in [1.807, 2.05) is 43.3 Å². The molecule has 3 nitrogen and oxygen atoms in total. The number of carbonyl (C=O) groups is 1. The molecule has 0 bridgehead atoms. The van der Waals surface area contributed by atoms with E-state index in [0.29, 0.717) is 11.5 Å². The molecule has 0 aliphatic carbocycles. The summed E-state index contributed by atoms with van der Waals surface area (Å²) in [5, 5.41) is 0. The molecule has 0 saturated heterocycles. The second-order valence-electron chi connectivity index (χ2n) is 6.47. The van der Waals surface area contributed by atoms with E-state index in [0.717, 1.165) is 10.0 Å². The van der Waals surface area contributed by atoms with Crippen molar-refractivity contribution in [3.05, 3.63) is 58.1 Å². The molecule has 0 saturated carbocycles. The van der Waals surface area contributed by atoms with Gasteiger partial charge in [-0.05, 0) is 63.7 Å². The van der Waals surface area contributed by atoms with E-state index in [1.54, 1.807) is 6.07 Å². The number of hydrogen-bond donors (Lipinski definition) is 0. The van der Waals surface area contributed by atoms with Gasteiger partial charge < -0.3 is 9.47 Å². The molecule has 0 aliphatic heterocycles. The summed E-state index contributed by atoms with van der Waals surface area (Å²) in [5.74, 6) is 0.708. The molecule has 0 amide bonds. The highest BCUT2D eigenvalue weighted by atomic mass is 79.9. The number of carbonyl (C=O) groups excluding carboxylic acids is 1. The summed E-state index contributed by atoms with van der Waals surface area (Å²) >= 11 is 3.38. The van der Waals surface area contributed by atoms with Gasteiger partial charge in [0.25, 0.3) is 0 Å². The van der Waals surface area contributed by atoms with Gasteiger partial charge in [-0.3, -0.25) is 0 Å². The molecule has 2 aromatic rings. The van der Waals surface area contributed by atoms with E-state index in [9.17, 15) is 4.79 Å². The van der Waals surface area contributed by atoms with Crippen LogP contribution in [0.15, 0.2) is 46.9 Å². The predicted octanol–water partition coefficient (Wildman–Crippen LogP) is 5.04. The average Bonchev–Trinajstić information content (AvgIpc) is 2.47. The van der Waals surface area contributed by atoms with Gasteiger partial charge in [0.2, 0.25) is 0 Å². The number of hydrogen-bond acceptors (Lipinski definition) is 3. The van der Waals surface area contributed by atoms with Gasteiger partial charge in [0.1, 0.15) is 11.5 Å². The lowest BCUT2D eigenvalue weighted by molar-refractivity contribution is -0.136. The average molecular weight is 377 g/mol. The second-order valence-corrected chi connectivity index (χ2v) is 7.33. The highest BCUT2D eigenvalue weighted by Gasteiger charge is 2.13. The largest absolute Gasteiger partial charge is 0.482 e. The zero-order chi connectivity index (χ0) is 17.0. The topological polar surface area (TPSA) is 35.5 Å². The highest BCUT2D eigenvalue weighted by molar-refractivity contribution is 9.10. The maximum absolute atomic E-state index is 11.9. The predicted molar refractivity (Wildman–Crippen MR) is 95.2 cm³/mol. The molecule has 0 heterocycles. The fourth-order valence-electron chi connectivity index (χ4n) is 2.03. The van der Waals surface area contributed by atoms with Crippen molar-refractivity contribution in [2.45, 2.75) is 33.1 Å². The Morgan fingerprint density at radius 3 is 2.30 bits per heavy atom. The molecule has 0 spiro atoms. The first-order valence-corrected chi connectivity index (χ1v) is 8.25. The van der Waals surface area contributed by atoms with Crippen LogP contribution in [0.5, 0.6) is 11.5 Å². The molecule has 0 fully saturated rings. The van der Waals surface area contributed by atoms with Crippen LogP contribution in [0.2, 0.25) is 0 Å². The Bertz CT molecular complexity index is 685. The van der Waals surface area contributed by atoms with Crippen molar-refractivity contribution < 1.29 is 14.3 Å². The van der Waals surface area contributed by atoms with Crippen LogP contribution in [0, 0.1) is 6.92 Å². The lowest BCUT2D eigenvalue weighted by Gasteiger charge is -2.19. The van der Waals surface area contributed by atoms with Crippen LogP contribution in [-0.2, 0) is 10.2 Å². The van der Waals surface area contributed by atoms with Gasteiger partial charge >= 0.3 is 5.97 Å². The molecule has 0 atom stereocenters. The quantitative estimate of drug-likeness (QED) is 0.553. The minimum atomic E-state index is -0.436. The van der Waals surface area contributed by atoms with Gasteiger partial charge in [-0.2, -0.15) is 0 Å². The molecule has 122 valence electrons. The first kappa shape index (κ1) is 17.5. The maximum Gasteiger partial charge on any atom is 0.349 e. The standard InChI is InChI=1S/C19H21BrO3/c1-13-5-10-17(16(20)11-13)23-18(21)12-22-15-8-6-14(7-9-15)19(2,3)4/h5-11H,12H2,1-4H3. The lowest BCUT2D eigenvalue weighted by atomic mass is 9.87. The molecule has 0 aliphatic rings. The van der Waals surface area contributed by atoms with E-state index in [1.165, 1.54) is 5.56 Å². The number of aryl methyl sites for hydroxylation is 1. The number of benzene rings is 2. The van der Waals surface area contributed by atoms with Crippen LogP contribution < -0.4 is 9.47 Å². The van der Waals surface area contributed by atoms with E-state index in [2.05, 4.69) is 36.7 Å². The third-order valence-corrected chi connectivity index (χ3v) is 4.01. The van der Waals surface area contributed by atoms with Gasteiger partial charge in [0, 0.05) is 0 Å². The van der Waals surface area contributed by atoms with Gasteiger partial charge in [-0.15, -0.1) is 0 Å². The third-order valence-electron chi connectivity index (χ3n) is 3.39. The summed E-state index contributed by atoms with van der Waals surface area (Å²) < 4.78 is 11.5. The van der Waals surface area contributed by atoms with Crippen LogP contribution in [0.4, 0.5) is 0 Å². The van der Waals surface area contributed by atoms with Gasteiger partial charge in [-0.25, -0.2) is 4.79 Å². The fraction of sp³-hybridized carbons (Fsp3) is 0.316. The van der Waals surface area contributed by atoms with Gasteiger partial charge in [0.15, 0.2) is 6.61 Å². The zero-order valence-corrected chi connectivity index (χ0v) is 15.4. The van der Waals surface area contributed by atoms with Crippen LogP contribution in [0.3, 0.4) is 0 Å². The normalized spacial score (nSPS) is 11.2. The first-order valence-electron chi connectivity index (χ1n) is 7.46. The summed E-state index contributed by atoms with van der Waals surface area (Å²) in [6.07, 6.45) is 0. The molecular formula is C19H21BrO3. The van der Waals surface area contributed by atoms with Crippen molar-refractivity contribution in [2.75, 3.05) is 6.61 Å². The molecule has 2 rings (SSSR count). The van der Waals surface area contributed by atoms with E-state index >= 15 is 0 Å². The van der Waals surface area contributed by atoms with E-state index < -0.39 is 5.97 Å². The van der Waals surface area contributed by atoms with E-state index in [4.69, 9.17) is 9.47 Å². The van der Waals surface area contributed by atoms with Crippen LogP contribution >= 0.6 is 15.9 Å². The smallest absolute Gasteiger partial charge is 0.349 e. The molecular weight excluding hydrogens is 356 g/mol. The molecule has 0 N–H and O–H groups in total. The molecule has 2 aromatic carbocycles. The second kappa shape index (κ2) is 7.18. The van der Waals surface area contributed by atoms with Crippen molar-refractivity contribution in [3.63, 3.8) is 0 Å². The minimum Gasteiger partial charge on any atom is -0.482 e. The fourth-order valence-corrected chi connectivity index (χ4v) is 2.61. The Balaban J connectivity index is 1.91. The Morgan fingerprint density at radius 2 is 1.74 bits per heavy atom. The van der Waals surface area contributed by atoms with Gasteiger partial charge in [0.05, 0.1) is 4.47 Å². The Kier molecular flexibility index (Phi) is 5.47. The van der Waals surface area contributed by atoms with Crippen molar-refractivity contribution >= 4 is 21.9 Å². The summed E-state index contributed by atoms with van der Waals surface area (Å²) in [4.78, 5) is 11.9. The number of rotatable bonds is 4. The zero-order valence-electron chi connectivity index (χ0n) is 13.9. The SMILES string of the molecule is Cc1ccc(OC(=O)COc2ccc(C(C)(C)C)cc2)c(Br)c1. The molecule has 0 aromatic heterocycles. The van der Waals surface area contributed by atoms with Crippen LogP contribution in [0.25, 0.3) is 0 Å². The molecule has 0 radical (unpaired) electrons. The Hall–Kier alpha value is -1.81. The first-order chi connectivity index (χ1) is 10.8. The van der Waals surface area contributed by atoms with Crippen molar-refractivity contribution in [3.8, 4) is 11.5 Å². The highest BCUT2D eigenvalue weighted by Crippen LogP contribution is 2.26. The minimum absolute atomic E-state index is 0.0924. The summed E-state index contributed by atoms with van der Waals surface area (Å²) in [5.41, 5.74) is 2.40. The Morgan fingerprint density at radius 1 is 1.09 bits per heavy atom. The third kappa shape index (κ3) is 5.10. The van der Waals surface area contributed by atoms with Crippen LogP contribution in [0.1, 0.15) is 31.9 Å². The van der Waals surface area contributed by atoms with Gasteiger partial charge in [-0.1, -0.05) is 39.0 Å². The molecule has 4 heteroatoms.